The quantitative estimate of drug-likeness (QED) is 0.723. The van der Waals surface area contributed by atoms with Gasteiger partial charge < -0.3 is 4.74 Å². The van der Waals surface area contributed by atoms with Gasteiger partial charge >= 0.3 is 0 Å². The summed E-state index contributed by atoms with van der Waals surface area (Å²) in [5.41, 5.74) is 7.72. The van der Waals surface area contributed by atoms with E-state index in [-0.39, 0.29) is 0 Å². The van der Waals surface area contributed by atoms with E-state index in [4.69, 9.17) is 4.74 Å². The van der Waals surface area contributed by atoms with Crippen molar-refractivity contribution in [3.05, 3.63) is 29.8 Å². The third-order valence-electron chi connectivity index (χ3n) is 2.34. The molecular formula is C13H22N2O. The van der Waals surface area contributed by atoms with Gasteiger partial charge in [0.25, 0.3) is 0 Å². The van der Waals surface area contributed by atoms with Crippen LogP contribution in [0.15, 0.2) is 24.3 Å². The number of hydrogen-bond donors (Lipinski definition) is 2. The number of benzene rings is 1. The molecule has 1 atom stereocenters. The molecule has 0 fully saturated rings. The Balaban J connectivity index is 2.51. The molecule has 1 rings (SSSR count). The molecule has 0 bridgehead atoms. The van der Waals surface area contributed by atoms with E-state index in [2.05, 4.69) is 37.7 Å². The van der Waals surface area contributed by atoms with Crippen LogP contribution in [0.2, 0.25) is 0 Å². The summed E-state index contributed by atoms with van der Waals surface area (Å²) in [5.74, 6) is 0.959. The number of hydrazine groups is 1. The molecule has 3 nitrogen and oxygen atoms in total. The molecule has 0 heterocycles. The topological polar surface area (TPSA) is 33.3 Å². The van der Waals surface area contributed by atoms with Crippen molar-refractivity contribution in [1.82, 2.24) is 10.9 Å². The van der Waals surface area contributed by atoms with E-state index in [0.717, 1.165) is 12.2 Å². The fourth-order valence-corrected chi connectivity index (χ4v) is 1.56. The van der Waals surface area contributed by atoms with Crippen LogP contribution in [0.25, 0.3) is 0 Å². The lowest BCUT2D eigenvalue weighted by Gasteiger charge is -2.18. The molecule has 0 amide bonds. The highest BCUT2D eigenvalue weighted by Gasteiger charge is 2.07. The molecule has 90 valence electrons. The summed E-state index contributed by atoms with van der Waals surface area (Å²) in [5, 5.41) is 0. The molecular weight excluding hydrogens is 200 g/mol. The Morgan fingerprint density at radius 1 is 1.12 bits per heavy atom. The second kappa shape index (κ2) is 6.51. The fraction of sp³-hybridized carbons (Fsp3) is 0.538. The number of hydrogen-bond acceptors (Lipinski definition) is 3. The second-order valence-electron chi connectivity index (χ2n) is 4.36. The van der Waals surface area contributed by atoms with Crippen molar-refractivity contribution in [2.75, 3.05) is 7.11 Å². The minimum absolute atomic E-state index is 0.374. The van der Waals surface area contributed by atoms with Crippen LogP contribution in [0.3, 0.4) is 0 Å². The van der Waals surface area contributed by atoms with E-state index in [1.54, 1.807) is 7.11 Å². The van der Waals surface area contributed by atoms with Gasteiger partial charge in [-0.05, 0) is 38.8 Å². The van der Waals surface area contributed by atoms with Gasteiger partial charge in [0.1, 0.15) is 5.75 Å². The fourth-order valence-electron chi connectivity index (χ4n) is 1.56. The van der Waals surface area contributed by atoms with Gasteiger partial charge in [-0.15, -0.1) is 0 Å². The van der Waals surface area contributed by atoms with Gasteiger partial charge in [0, 0.05) is 12.1 Å². The minimum atomic E-state index is 0.374. The van der Waals surface area contributed by atoms with Crippen LogP contribution in [0, 0.1) is 0 Å². The van der Waals surface area contributed by atoms with E-state index < -0.39 is 0 Å². The van der Waals surface area contributed by atoms with E-state index in [9.17, 15) is 0 Å². The van der Waals surface area contributed by atoms with E-state index >= 15 is 0 Å². The Kier molecular flexibility index (Phi) is 5.29. The number of rotatable bonds is 6. The molecule has 1 aromatic carbocycles. The number of methoxy groups -OCH3 is 1. The van der Waals surface area contributed by atoms with E-state index in [1.165, 1.54) is 5.56 Å². The van der Waals surface area contributed by atoms with Crippen molar-refractivity contribution < 1.29 is 4.74 Å². The van der Waals surface area contributed by atoms with Gasteiger partial charge in [0.05, 0.1) is 7.11 Å². The van der Waals surface area contributed by atoms with Crippen LogP contribution >= 0.6 is 0 Å². The molecule has 0 saturated heterocycles. The first-order valence-corrected chi connectivity index (χ1v) is 5.76. The Bertz CT molecular complexity index is 313. The van der Waals surface area contributed by atoms with Crippen molar-refractivity contribution in [1.29, 1.82) is 0 Å². The Morgan fingerprint density at radius 3 is 2.44 bits per heavy atom. The highest BCUT2D eigenvalue weighted by atomic mass is 16.5. The average molecular weight is 222 g/mol. The van der Waals surface area contributed by atoms with Gasteiger partial charge in [-0.25, -0.2) is 0 Å². The van der Waals surface area contributed by atoms with Gasteiger partial charge in [-0.3, -0.25) is 10.9 Å². The van der Waals surface area contributed by atoms with Crippen molar-refractivity contribution in [2.24, 2.45) is 0 Å². The predicted molar refractivity (Wildman–Crippen MR) is 67.6 cm³/mol. The summed E-state index contributed by atoms with van der Waals surface area (Å²) < 4.78 is 5.32. The normalized spacial score (nSPS) is 12.8. The lowest BCUT2D eigenvalue weighted by atomic mass is 10.1. The van der Waals surface area contributed by atoms with Crippen LogP contribution < -0.4 is 15.6 Å². The van der Waals surface area contributed by atoms with Gasteiger partial charge in [-0.2, -0.15) is 0 Å². The minimum Gasteiger partial charge on any atom is -0.496 e. The third-order valence-corrected chi connectivity index (χ3v) is 2.34. The van der Waals surface area contributed by atoms with Crippen LogP contribution in [0.4, 0.5) is 0 Å². The van der Waals surface area contributed by atoms with Crippen LogP contribution in [0.5, 0.6) is 5.75 Å². The van der Waals surface area contributed by atoms with Crippen LogP contribution in [-0.4, -0.2) is 19.2 Å². The molecule has 0 aliphatic heterocycles. The Labute approximate surface area is 98.2 Å². The SMILES string of the molecule is COc1ccccc1CC(C)NNC(C)C. The molecule has 0 aromatic heterocycles. The smallest absolute Gasteiger partial charge is 0.122 e. The molecule has 16 heavy (non-hydrogen) atoms. The van der Waals surface area contributed by atoms with Crippen molar-refractivity contribution in [3.8, 4) is 5.75 Å². The summed E-state index contributed by atoms with van der Waals surface area (Å²) in [6.07, 6.45) is 0.948. The lowest BCUT2D eigenvalue weighted by molar-refractivity contribution is 0.390. The zero-order valence-electron chi connectivity index (χ0n) is 10.6. The number of ether oxygens (including phenoxy) is 1. The molecule has 3 heteroatoms. The predicted octanol–water partition coefficient (Wildman–Crippen LogP) is 2.13. The van der Waals surface area contributed by atoms with Crippen molar-refractivity contribution in [2.45, 2.75) is 39.3 Å². The maximum atomic E-state index is 5.32. The van der Waals surface area contributed by atoms with Crippen molar-refractivity contribution >= 4 is 0 Å². The first-order valence-electron chi connectivity index (χ1n) is 5.76. The molecule has 0 saturated carbocycles. The largest absolute Gasteiger partial charge is 0.496 e. The maximum absolute atomic E-state index is 5.32. The molecule has 2 N–H and O–H groups in total. The Hall–Kier alpha value is -1.06. The van der Waals surface area contributed by atoms with Gasteiger partial charge in [0.15, 0.2) is 0 Å². The standard InChI is InChI=1S/C13H22N2O/c1-10(2)14-15-11(3)9-12-7-5-6-8-13(12)16-4/h5-8,10-11,14-15H,9H2,1-4H3. The first-order chi connectivity index (χ1) is 7.63. The molecule has 0 aliphatic rings. The van der Waals surface area contributed by atoms with Gasteiger partial charge in [-0.1, -0.05) is 18.2 Å². The van der Waals surface area contributed by atoms with Crippen molar-refractivity contribution in [3.63, 3.8) is 0 Å². The summed E-state index contributed by atoms with van der Waals surface area (Å²) >= 11 is 0. The molecule has 0 spiro atoms. The maximum Gasteiger partial charge on any atom is 0.122 e. The number of para-hydroxylation sites is 1. The summed E-state index contributed by atoms with van der Waals surface area (Å²) in [6, 6.07) is 8.95. The zero-order valence-corrected chi connectivity index (χ0v) is 10.6. The highest BCUT2D eigenvalue weighted by molar-refractivity contribution is 5.33. The van der Waals surface area contributed by atoms with Gasteiger partial charge in [0.2, 0.25) is 0 Å². The lowest BCUT2D eigenvalue weighted by Crippen LogP contribution is -2.43. The van der Waals surface area contributed by atoms with E-state index in [0.29, 0.717) is 12.1 Å². The summed E-state index contributed by atoms with van der Waals surface area (Å²) in [6.45, 7) is 6.38. The number of nitrogens with one attached hydrogen (secondary N) is 2. The molecule has 0 radical (unpaired) electrons. The third kappa shape index (κ3) is 4.21. The monoisotopic (exact) mass is 222 g/mol. The highest BCUT2D eigenvalue weighted by Crippen LogP contribution is 2.18. The molecule has 0 aliphatic carbocycles. The summed E-state index contributed by atoms with van der Waals surface area (Å²) in [7, 11) is 1.71. The Morgan fingerprint density at radius 2 is 1.81 bits per heavy atom. The van der Waals surface area contributed by atoms with E-state index in [1.807, 2.05) is 18.2 Å². The first kappa shape index (κ1) is 13.0. The average Bonchev–Trinajstić information content (AvgIpc) is 2.27. The van der Waals surface area contributed by atoms with Crippen LogP contribution in [0.1, 0.15) is 26.3 Å². The second-order valence-corrected chi connectivity index (χ2v) is 4.36. The molecule has 1 aromatic rings. The zero-order chi connectivity index (χ0) is 12.0. The molecule has 1 unspecified atom stereocenters. The summed E-state index contributed by atoms with van der Waals surface area (Å²) in [4.78, 5) is 0. The van der Waals surface area contributed by atoms with Crippen LogP contribution in [-0.2, 0) is 6.42 Å².